The van der Waals surface area contributed by atoms with Gasteiger partial charge in [-0.15, -0.1) is 0 Å². The smallest absolute Gasteiger partial charge is 0.336 e. The molecule has 0 saturated heterocycles. The molecule has 0 radical (unpaired) electrons. The maximum absolute atomic E-state index is 12.1. The predicted octanol–water partition coefficient (Wildman–Crippen LogP) is 8.35. The molecule has 0 bridgehead atoms. The van der Waals surface area contributed by atoms with Gasteiger partial charge >= 0.3 is 11.9 Å². The molecule has 5 nitrogen and oxygen atoms in total. The lowest BCUT2D eigenvalue weighted by Gasteiger charge is -2.10. The molecule has 204 valence electrons. The van der Waals surface area contributed by atoms with Crippen molar-refractivity contribution >= 4 is 11.9 Å². The first kappa shape index (κ1) is 33.4. The van der Waals surface area contributed by atoms with Crippen LogP contribution in [0.25, 0.3) is 0 Å². The normalized spacial score (nSPS) is 13.1. The third-order valence-electron chi connectivity index (χ3n) is 6.24. The molecule has 0 rings (SSSR count). The second-order valence-corrected chi connectivity index (χ2v) is 9.79. The van der Waals surface area contributed by atoms with E-state index < -0.39 is 12.3 Å². The third kappa shape index (κ3) is 21.4. The molecule has 0 aromatic rings. The van der Waals surface area contributed by atoms with Gasteiger partial charge in [0.1, 0.15) is 0 Å². The average molecular weight is 495 g/mol. The van der Waals surface area contributed by atoms with Gasteiger partial charge < -0.3 is 14.6 Å². The van der Waals surface area contributed by atoms with Gasteiger partial charge in [0.2, 0.25) is 6.29 Å². The van der Waals surface area contributed by atoms with Crippen molar-refractivity contribution in [1.82, 2.24) is 0 Å². The van der Waals surface area contributed by atoms with Crippen LogP contribution in [0.15, 0.2) is 23.3 Å². The molecule has 1 unspecified atom stereocenters. The van der Waals surface area contributed by atoms with Crippen LogP contribution in [0.3, 0.4) is 0 Å². The molecule has 0 aromatic heterocycles. The molecule has 0 heterocycles. The molecule has 35 heavy (non-hydrogen) atoms. The minimum atomic E-state index is -1.09. The number of carbonyl (C=O) groups excluding carboxylic acids is 2. The SMILES string of the molecule is CCCCCCCCCCCCCCCCCCOC(=O)/C(C)=C/C=C(\C)C(=O)OC(O)CCC. The van der Waals surface area contributed by atoms with E-state index in [2.05, 4.69) is 6.92 Å². The highest BCUT2D eigenvalue weighted by molar-refractivity contribution is 5.90. The maximum atomic E-state index is 12.1. The van der Waals surface area contributed by atoms with Crippen molar-refractivity contribution in [3.8, 4) is 0 Å². The van der Waals surface area contributed by atoms with Crippen LogP contribution < -0.4 is 0 Å². The molecule has 0 aliphatic heterocycles. The highest BCUT2D eigenvalue weighted by Crippen LogP contribution is 2.14. The first-order valence-electron chi connectivity index (χ1n) is 14.3. The van der Waals surface area contributed by atoms with Gasteiger partial charge in [-0.25, -0.2) is 9.59 Å². The zero-order valence-corrected chi connectivity index (χ0v) is 23.2. The van der Waals surface area contributed by atoms with Gasteiger partial charge in [-0.3, -0.25) is 0 Å². The molecule has 0 saturated carbocycles. The predicted molar refractivity (Wildman–Crippen MR) is 145 cm³/mol. The fourth-order valence-corrected chi connectivity index (χ4v) is 3.84. The Balaban J connectivity index is 3.67. The molecular formula is C30H54O5. The lowest BCUT2D eigenvalue weighted by atomic mass is 10.0. The van der Waals surface area contributed by atoms with Crippen LogP contribution in [0, 0.1) is 0 Å². The van der Waals surface area contributed by atoms with Gasteiger partial charge in [0.05, 0.1) is 6.61 Å². The minimum absolute atomic E-state index is 0.324. The Morgan fingerprint density at radius 2 is 1.03 bits per heavy atom. The van der Waals surface area contributed by atoms with Crippen molar-refractivity contribution in [1.29, 1.82) is 0 Å². The summed E-state index contributed by atoms with van der Waals surface area (Å²) in [5.74, 6) is -0.953. The number of allylic oxidation sites excluding steroid dienone is 2. The van der Waals surface area contributed by atoms with Crippen LogP contribution in [0.1, 0.15) is 143 Å². The Morgan fingerprint density at radius 3 is 1.46 bits per heavy atom. The Morgan fingerprint density at radius 1 is 0.629 bits per heavy atom. The van der Waals surface area contributed by atoms with Crippen molar-refractivity contribution in [2.45, 2.75) is 150 Å². The first-order valence-corrected chi connectivity index (χ1v) is 14.3. The number of carbonyl (C=O) groups is 2. The fourth-order valence-electron chi connectivity index (χ4n) is 3.84. The van der Waals surface area contributed by atoms with E-state index in [1.165, 1.54) is 96.0 Å². The van der Waals surface area contributed by atoms with Crippen molar-refractivity contribution < 1.29 is 24.2 Å². The standard InChI is InChI=1S/C30H54O5/c1-5-7-8-9-10-11-12-13-14-15-16-17-18-19-20-21-25-34-29(32)26(3)23-24-27(4)30(33)35-28(31)22-6-2/h23-24,28,31H,5-22,25H2,1-4H3/b26-23+,27-24+. The number of ether oxygens (including phenoxy) is 2. The van der Waals surface area contributed by atoms with Crippen LogP contribution >= 0.6 is 0 Å². The van der Waals surface area contributed by atoms with E-state index in [1.807, 2.05) is 6.92 Å². The largest absolute Gasteiger partial charge is 0.462 e. The number of hydrogen-bond donors (Lipinski definition) is 1. The van der Waals surface area contributed by atoms with Gasteiger partial charge in [-0.05, 0) is 20.3 Å². The Hall–Kier alpha value is -1.62. The summed E-state index contributed by atoms with van der Waals surface area (Å²) in [6.07, 6.45) is 24.1. The maximum Gasteiger partial charge on any atom is 0.336 e. The van der Waals surface area contributed by atoms with Gasteiger partial charge in [-0.1, -0.05) is 129 Å². The summed E-state index contributed by atoms with van der Waals surface area (Å²) in [6, 6.07) is 0. The van der Waals surface area contributed by atoms with Crippen molar-refractivity contribution in [2.75, 3.05) is 6.61 Å². The molecule has 0 amide bonds. The topological polar surface area (TPSA) is 72.8 Å². The van der Waals surface area contributed by atoms with E-state index in [9.17, 15) is 14.7 Å². The zero-order valence-electron chi connectivity index (χ0n) is 23.2. The van der Waals surface area contributed by atoms with E-state index in [4.69, 9.17) is 9.47 Å². The molecule has 5 heteroatoms. The van der Waals surface area contributed by atoms with Gasteiger partial charge in [-0.2, -0.15) is 0 Å². The summed E-state index contributed by atoms with van der Waals surface area (Å²) in [6.45, 7) is 7.85. The average Bonchev–Trinajstić information content (AvgIpc) is 2.84. The summed E-state index contributed by atoms with van der Waals surface area (Å²) in [7, 11) is 0. The van der Waals surface area contributed by atoms with E-state index >= 15 is 0 Å². The number of unbranched alkanes of at least 4 members (excludes halogenated alkanes) is 15. The number of esters is 2. The Kier molecular flexibility index (Phi) is 23.0. The van der Waals surface area contributed by atoms with Crippen LogP contribution in [0.5, 0.6) is 0 Å². The molecular weight excluding hydrogens is 440 g/mol. The van der Waals surface area contributed by atoms with E-state index in [0.29, 0.717) is 24.2 Å². The second-order valence-electron chi connectivity index (χ2n) is 9.79. The summed E-state index contributed by atoms with van der Waals surface area (Å²) >= 11 is 0. The first-order chi connectivity index (χ1) is 16.9. The second kappa shape index (κ2) is 24.1. The number of aliphatic hydroxyl groups is 1. The summed E-state index contributed by atoms with van der Waals surface area (Å²) in [5, 5.41) is 9.55. The van der Waals surface area contributed by atoms with Gasteiger partial charge in [0.15, 0.2) is 0 Å². The van der Waals surface area contributed by atoms with E-state index in [-0.39, 0.29) is 5.97 Å². The molecule has 0 aliphatic carbocycles. The molecule has 1 atom stereocenters. The highest BCUT2D eigenvalue weighted by Gasteiger charge is 2.12. The third-order valence-corrected chi connectivity index (χ3v) is 6.24. The Labute approximate surface area is 215 Å². The van der Waals surface area contributed by atoms with E-state index in [0.717, 1.165) is 19.3 Å². The monoisotopic (exact) mass is 494 g/mol. The molecule has 0 fully saturated rings. The highest BCUT2D eigenvalue weighted by atomic mass is 16.6. The van der Waals surface area contributed by atoms with Crippen molar-refractivity contribution in [3.63, 3.8) is 0 Å². The van der Waals surface area contributed by atoms with Crippen LogP contribution in [0.4, 0.5) is 0 Å². The summed E-state index contributed by atoms with van der Waals surface area (Å²) in [4.78, 5) is 23.9. The van der Waals surface area contributed by atoms with E-state index in [1.54, 1.807) is 19.9 Å². The van der Waals surface area contributed by atoms with Crippen molar-refractivity contribution in [2.24, 2.45) is 0 Å². The molecule has 0 aromatic carbocycles. The molecule has 0 aliphatic rings. The van der Waals surface area contributed by atoms with Gasteiger partial charge in [0, 0.05) is 17.6 Å². The summed E-state index contributed by atoms with van der Waals surface area (Å²) in [5.41, 5.74) is 0.757. The quantitative estimate of drug-likeness (QED) is 0.0508. The molecule has 1 N–H and O–H groups in total. The lowest BCUT2D eigenvalue weighted by Crippen LogP contribution is -2.17. The zero-order chi connectivity index (χ0) is 26.2. The Bertz CT molecular complexity index is 594. The van der Waals surface area contributed by atoms with Crippen molar-refractivity contribution in [3.05, 3.63) is 23.3 Å². The van der Waals surface area contributed by atoms with Crippen LogP contribution in [-0.4, -0.2) is 29.9 Å². The van der Waals surface area contributed by atoms with Crippen LogP contribution in [0.2, 0.25) is 0 Å². The number of hydrogen-bond acceptors (Lipinski definition) is 5. The van der Waals surface area contributed by atoms with Crippen LogP contribution in [-0.2, 0) is 19.1 Å². The minimum Gasteiger partial charge on any atom is -0.462 e. The summed E-state index contributed by atoms with van der Waals surface area (Å²) < 4.78 is 10.2. The fraction of sp³-hybridized carbons (Fsp3) is 0.800. The number of aliphatic hydroxyl groups excluding tert-OH is 1. The molecule has 0 spiro atoms. The number of rotatable bonds is 23. The lowest BCUT2D eigenvalue weighted by molar-refractivity contribution is -0.163. The van der Waals surface area contributed by atoms with Gasteiger partial charge in [0.25, 0.3) is 0 Å².